The summed E-state index contributed by atoms with van der Waals surface area (Å²) in [6, 6.07) is 0.794. The van der Waals surface area contributed by atoms with Gasteiger partial charge in [0.2, 0.25) is 0 Å². The summed E-state index contributed by atoms with van der Waals surface area (Å²) in [6.07, 6.45) is 0.945. The van der Waals surface area contributed by atoms with E-state index in [1.807, 2.05) is 18.8 Å². The average Bonchev–Trinajstić information content (AvgIpc) is 2.85. The average molecular weight is 364 g/mol. The van der Waals surface area contributed by atoms with Gasteiger partial charge in [0.15, 0.2) is 5.96 Å². The van der Waals surface area contributed by atoms with E-state index in [1.165, 1.54) is 11.3 Å². The molecule has 1 aliphatic heterocycles. The van der Waals surface area contributed by atoms with Gasteiger partial charge in [0.05, 0.1) is 5.69 Å². The molecule has 2 rings (SSSR count). The lowest BCUT2D eigenvalue weighted by molar-refractivity contribution is 0.120. The van der Waals surface area contributed by atoms with Gasteiger partial charge in [-0.1, -0.05) is 0 Å². The van der Waals surface area contributed by atoms with Crippen molar-refractivity contribution in [3.63, 3.8) is 0 Å². The first-order valence-corrected chi connectivity index (χ1v) is 9.70. The molecule has 7 nitrogen and oxygen atoms in total. The molecule has 148 valence electrons. The summed E-state index contributed by atoms with van der Waals surface area (Å²) in [7, 11) is 6.03. The van der Waals surface area contributed by atoms with E-state index in [4.69, 9.17) is 0 Å². The van der Waals surface area contributed by atoms with Gasteiger partial charge in [-0.3, -0.25) is 14.6 Å². The zero-order valence-electron chi connectivity index (χ0n) is 17.6. The lowest BCUT2D eigenvalue weighted by atomic mass is 10.1. The number of hydrogen-bond acceptors (Lipinski definition) is 4. The van der Waals surface area contributed by atoms with Gasteiger partial charge >= 0.3 is 0 Å². The van der Waals surface area contributed by atoms with Crippen molar-refractivity contribution in [3.05, 3.63) is 17.0 Å². The molecular formula is C19H37N7. The molecule has 7 heteroatoms. The van der Waals surface area contributed by atoms with Crippen molar-refractivity contribution in [1.82, 2.24) is 30.2 Å². The molecule has 0 amide bonds. The van der Waals surface area contributed by atoms with Gasteiger partial charge in [-0.25, -0.2) is 0 Å². The number of rotatable bonds is 6. The Morgan fingerprint density at radius 1 is 1.15 bits per heavy atom. The van der Waals surface area contributed by atoms with Crippen LogP contribution in [0.15, 0.2) is 4.99 Å². The Balaban J connectivity index is 1.81. The highest BCUT2D eigenvalue weighted by Gasteiger charge is 2.19. The maximum Gasteiger partial charge on any atom is 0.191 e. The monoisotopic (exact) mass is 363 g/mol. The number of aryl methyl sites for hydroxylation is 2. The molecule has 0 aliphatic carbocycles. The number of piperazine rings is 1. The largest absolute Gasteiger partial charge is 0.355 e. The maximum absolute atomic E-state index is 4.51. The lowest BCUT2D eigenvalue weighted by Crippen LogP contribution is -2.53. The van der Waals surface area contributed by atoms with E-state index in [-0.39, 0.29) is 0 Å². The molecule has 2 N–H and O–H groups in total. The summed E-state index contributed by atoms with van der Waals surface area (Å²) < 4.78 is 1.96. The van der Waals surface area contributed by atoms with Crippen LogP contribution in [-0.4, -0.2) is 84.4 Å². The highest BCUT2D eigenvalue weighted by Crippen LogP contribution is 2.14. The molecule has 1 aliphatic rings. The Labute approximate surface area is 158 Å². The standard InChI is InChI=1S/C19H37N7/c1-14(12-18-16(3)23-25(7)17(18)4)22-19(20-5)21-13-15(2)26-10-8-24(6)9-11-26/h14-15H,8-13H2,1-7H3,(H2,20,21,22). The second kappa shape index (κ2) is 9.37. The Morgan fingerprint density at radius 2 is 1.81 bits per heavy atom. The summed E-state index contributed by atoms with van der Waals surface area (Å²) in [5.74, 6) is 0.873. The van der Waals surface area contributed by atoms with Crippen molar-refractivity contribution >= 4 is 5.96 Å². The smallest absolute Gasteiger partial charge is 0.191 e. The Kier molecular flexibility index (Phi) is 7.46. The SMILES string of the molecule is CN=C(NCC(C)N1CCN(C)CC1)NC(C)Cc1c(C)nn(C)c1C. The highest BCUT2D eigenvalue weighted by molar-refractivity contribution is 5.80. The Morgan fingerprint density at radius 3 is 2.35 bits per heavy atom. The summed E-state index contributed by atoms with van der Waals surface area (Å²) in [5.41, 5.74) is 3.68. The van der Waals surface area contributed by atoms with Gasteiger partial charge in [0.1, 0.15) is 0 Å². The van der Waals surface area contributed by atoms with Crippen LogP contribution >= 0.6 is 0 Å². The van der Waals surface area contributed by atoms with E-state index in [9.17, 15) is 0 Å². The van der Waals surface area contributed by atoms with Gasteiger partial charge < -0.3 is 15.5 Å². The fraction of sp³-hybridized carbons (Fsp3) is 0.789. The predicted molar refractivity (Wildman–Crippen MR) is 109 cm³/mol. The van der Waals surface area contributed by atoms with Gasteiger partial charge in [-0.05, 0) is 46.7 Å². The van der Waals surface area contributed by atoms with E-state index in [0.717, 1.165) is 50.8 Å². The van der Waals surface area contributed by atoms with Gasteiger partial charge in [-0.2, -0.15) is 5.10 Å². The van der Waals surface area contributed by atoms with E-state index in [2.05, 4.69) is 65.3 Å². The van der Waals surface area contributed by atoms with Crippen LogP contribution in [0.1, 0.15) is 30.8 Å². The first-order valence-electron chi connectivity index (χ1n) is 9.70. The molecule has 1 aromatic rings. The number of hydrogen-bond donors (Lipinski definition) is 2. The molecule has 26 heavy (non-hydrogen) atoms. The summed E-state index contributed by atoms with van der Waals surface area (Å²) in [4.78, 5) is 9.33. The third-order valence-corrected chi connectivity index (χ3v) is 5.50. The van der Waals surface area contributed by atoms with Gasteiger partial charge in [0.25, 0.3) is 0 Å². The number of aliphatic imine (C=N–C) groups is 1. The third-order valence-electron chi connectivity index (χ3n) is 5.50. The second-order valence-corrected chi connectivity index (χ2v) is 7.66. The normalized spacial score (nSPS) is 19.4. The molecular weight excluding hydrogens is 326 g/mol. The molecule has 2 atom stereocenters. The molecule has 0 bridgehead atoms. The van der Waals surface area contributed by atoms with Gasteiger partial charge in [0, 0.05) is 64.6 Å². The topological polar surface area (TPSA) is 60.7 Å². The summed E-state index contributed by atoms with van der Waals surface area (Å²) in [6.45, 7) is 14.2. The van der Waals surface area contributed by atoms with Crippen LogP contribution in [0.25, 0.3) is 0 Å². The van der Waals surface area contributed by atoms with Crippen LogP contribution in [0.3, 0.4) is 0 Å². The zero-order valence-corrected chi connectivity index (χ0v) is 17.6. The minimum atomic E-state index is 0.293. The van der Waals surface area contributed by atoms with E-state index in [1.54, 1.807) is 0 Å². The molecule has 0 aromatic carbocycles. The molecule has 1 saturated heterocycles. The molecule has 2 heterocycles. The van der Waals surface area contributed by atoms with E-state index in [0.29, 0.717) is 12.1 Å². The zero-order chi connectivity index (χ0) is 19.3. The molecule has 2 unspecified atom stereocenters. The van der Waals surface area contributed by atoms with Crippen LogP contribution < -0.4 is 10.6 Å². The number of nitrogens with one attached hydrogen (secondary N) is 2. The van der Waals surface area contributed by atoms with Crippen molar-refractivity contribution in [1.29, 1.82) is 0 Å². The Hall–Kier alpha value is -1.60. The summed E-state index contributed by atoms with van der Waals surface area (Å²) in [5, 5.41) is 11.5. The quantitative estimate of drug-likeness (QED) is 0.577. The fourth-order valence-corrected chi connectivity index (χ4v) is 3.53. The molecule has 1 aromatic heterocycles. The molecule has 1 fully saturated rings. The Bertz CT molecular complexity index is 599. The van der Waals surface area contributed by atoms with Crippen molar-refractivity contribution in [2.75, 3.05) is 46.8 Å². The minimum Gasteiger partial charge on any atom is -0.355 e. The number of aromatic nitrogens is 2. The lowest BCUT2D eigenvalue weighted by Gasteiger charge is -2.36. The number of guanidine groups is 1. The fourth-order valence-electron chi connectivity index (χ4n) is 3.53. The maximum atomic E-state index is 4.51. The number of likely N-dealkylation sites (N-methyl/N-ethyl adjacent to an activating group) is 1. The van der Waals surface area contributed by atoms with E-state index < -0.39 is 0 Å². The van der Waals surface area contributed by atoms with Crippen LogP contribution in [0.5, 0.6) is 0 Å². The second-order valence-electron chi connectivity index (χ2n) is 7.66. The van der Waals surface area contributed by atoms with E-state index >= 15 is 0 Å². The van der Waals surface area contributed by atoms with Crippen LogP contribution in [-0.2, 0) is 13.5 Å². The molecule has 0 saturated carbocycles. The first-order chi connectivity index (χ1) is 12.3. The van der Waals surface area contributed by atoms with Crippen LogP contribution in [0.4, 0.5) is 0 Å². The highest BCUT2D eigenvalue weighted by atomic mass is 15.3. The van der Waals surface area contributed by atoms with Crippen molar-refractivity contribution in [2.45, 2.75) is 46.2 Å². The minimum absolute atomic E-state index is 0.293. The predicted octanol–water partition coefficient (Wildman–Crippen LogP) is 0.769. The van der Waals surface area contributed by atoms with Crippen LogP contribution in [0, 0.1) is 13.8 Å². The summed E-state index contributed by atoms with van der Waals surface area (Å²) >= 11 is 0. The molecule has 0 spiro atoms. The third kappa shape index (κ3) is 5.45. The van der Waals surface area contributed by atoms with Crippen molar-refractivity contribution < 1.29 is 0 Å². The van der Waals surface area contributed by atoms with Gasteiger partial charge in [-0.15, -0.1) is 0 Å². The molecule has 0 radical (unpaired) electrons. The van der Waals surface area contributed by atoms with Crippen molar-refractivity contribution in [3.8, 4) is 0 Å². The number of nitrogens with zero attached hydrogens (tertiary/aromatic N) is 5. The van der Waals surface area contributed by atoms with Crippen LogP contribution in [0.2, 0.25) is 0 Å². The first kappa shape index (κ1) is 20.7. The van der Waals surface area contributed by atoms with Crippen molar-refractivity contribution in [2.24, 2.45) is 12.0 Å².